The van der Waals surface area contributed by atoms with Crippen LogP contribution in [0.15, 0.2) is 48.5 Å². The third-order valence-corrected chi connectivity index (χ3v) is 6.60. The molecule has 0 saturated carbocycles. The molecule has 2 aromatic carbocycles. The molecule has 5 heteroatoms. The van der Waals surface area contributed by atoms with Gasteiger partial charge in [0.1, 0.15) is 5.75 Å². The average Bonchev–Trinajstić information content (AvgIpc) is 2.85. The molecule has 4 rings (SSSR count). The Morgan fingerprint density at radius 1 is 0.844 bits per heavy atom. The van der Waals surface area contributed by atoms with Gasteiger partial charge in [-0.2, -0.15) is 0 Å². The normalized spacial score (nSPS) is 17.0. The molecule has 1 amide bonds. The summed E-state index contributed by atoms with van der Waals surface area (Å²) in [6, 6.07) is 16.2. The standard InChI is InChI=1S/C27H37N3O2/c31-27(28-15-6-18-30-20-14-23-8-2-3-9-25(23)22-30)24-10-12-26(13-11-24)32-21-7-19-29-16-4-1-5-17-29/h2-3,8-13H,1,4-7,14-22H2,(H,28,31). The topological polar surface area (TPSA) is 44.8 Å². The van der Waals surface area contributed by atoms with Crippen LogP contribution in [0.25, 0.3) is 0 Å². The quantitative estimate of drug-likeness (QED) is 0.570. The van der Waals surface area contributed by atoms with Crippen LogP contribution in [0.5, 0.6) is 5.75 Å². The van der Waals surface area contributed by atoms with Crippen molar-refractivity contribution >= 4 is 5.91 Å². The summed E-state index contributed by atoms with van der Waals surface area (Å²) in [5.74, 6) is 0.830. The Morgan fingerprint density at radius 3 is 2.41 bits per heavy atom. The molecule has 5 nitrogen and oxygen atoms in total. The molecule has 0 radical (unpaired) electrons. The third kappa shape index (κ3) is 6.81. The number of nitrogens with zero attached hydrogens (tertiary/aromatic N) is 2. The van der Waals surface area contributed by atoms with Gasteiger partial charge in [-0.1, -0.05) is 30.7 Å². The van der Waals surface area contributed by atoms with Gasteiger partial charge in [-0.15, -0.1) is 0 Å². The van der Waals surface area contributed by atoms with Gasteiger partial charge in [-0.25, -0.2) is 0 Å². The highest BCUT2D eigenvalue weighted by Gasteiger charge is 2.15. The fourth-order valence-corrected chi connectivity index (χ4v) is 4.72. The van der Waals surface area contributed by atoms with Crippen LogP contribution in [0.1, 0.15) is 53.6 Å². The van der Waals surface area contributed by atoms with Gasteiger partial charge in [0.2, 0.25) is 0 Å². The van der Waals surface area contributed by atoms with Crippen molar-refractivity contribution in [2.24, 2.45) is 0 Å². The van der Waals surface area contributed by atoms with E-state index >= 15 is 0 Å². The van der Waals surface area contributed by atoms with Crippen molar-refractivity contribution in [1.82, 2.24) is 15.1 Å². The molecule has 1 saturated heterocycles. The van der Waals surface area contributed by atoms with Gasteiger partial charge in [0, 0.05) is 38.3 Å². The number of hydrogen-bond acceptors (Lipinski definition) is 4. The highest BCUT2D eigenvalue weighted by atomic mass is 16.5. The van der Waals surface area contributed by atoms with Crippen molar-refractivity contribution in [2.45, 2.75) is 45.1 Å². The Kier molecular flexibility index (Phi) is 8.57. The maximum atomic E-state index is 12.4. The van der Waals surface area contributed by atoms with Gasteiger partial charge < -0.3 is 15.0 Å². The molecule has 2 aliphatic heterocycles. The Labute approximate surface area is 192 Å². The number of rotatable bonds is 10. The molecule has 172 valence electrons. The van der Waals surface area contributed by atoms with Gasteiger partial charge in [-0.3, -0.25) is 9.69 Å². The number of nitrogens with one attached hydrogen (secondary N) is 1. The summed E-state index contributed by atoms with van der Waals surface area (Å²) in [5.41, 5.74) is 3.61. The van der Waals surface area contributed by atoms with Crippen LogP contribution in [0, 0.1) is 0 Å². The van der Waals surface area contributed by atoms with Gasteiger partial charge >= 0.3 is 0 Å². The van der Waals surface area contributed by atoms with E-state index in [-0.39, 0.29) is 5.91 Å². The number of hydrogen-bond donors (Lipinski definition) is 1. The lowest BCUT2D eigenvalue weighted by Crippen LogP contribution is -2.33. The second-order valence-electron chi connectivity index (χ2n) is 9.03. The van der Waals surface area contributed by atoms with Gasteiger partial charge in [-0.05, 0) is 80.6 Å². The van der Waals surface area contributed by atoms with E-state index in [0.29, 0.717) is 12.1 Å². The summed E-state index contributed by atoms with van der Waals surface area (Å²) < 4.78 is 5.86. The third-order valence-electron chi connectivity index (χ3n) is 6.60. The first-order valence-corrected chi connectivity index (χ1v) is 12.3. The lowest BCUT2D eigenvalue weighted by molar-refractivity contribution is 0.0951. The van der Waals surface area contributed by atoms with E-state index in [4.69, 9.17) is 4.74 Å². The smallest absolute Gasteiger partial charge is 0.251 e. The Hall–Kier alpha value is -2.37. The van der Waals surface area contributed by atoms with Crippen molar-refractivity contribution in [3.8, 4) is 5.75 Å². The maximum absolute atomic E-state index is 12.4. The Balaban J connectivity index is 1.10. The molecule has 0 atom stereocenters. The van der Waals surface area contributed by atoms with Crippen molar-refractivity contribution in [3.63, 3.8) is 0 Å². The Bertz CT molecular complexity index is 846. The van der Waals surface area contributed by atoms with Crippen molar-refractivity contribution < 1.29 is 9.53 Å². The molecule has 0 aliphatic carbocycles. The summed E-state index contributed by atoms with van der Waals surface area (Å²) >= 11 is 0. The van der Waals surface area contributed by atoms with Crippen LogP contribution < -0.4 is 10.1 Å². The predicted molar refractivity (Wildman–Crippen MR) is 129 cm³/mol. The molecule has 2 heterocycles. The zero-order valence-corrected chi connectivity index (χ0v) is 19.2. The average molecular weight is 436 g/mol. The first-order chi connectivity index (χ1) is 15.8. The fourth-order valence-electron chi connectivity index (χ4n) is 4.72. The van der Waals surface area contributed by atoms with E-state index in [1.807, 2.05) is 24.3 Å². The molecular formula is C27H37N3O2. The number of likely N-dealkylation sites (tertiary alicyclic amines) is 1. The molecule has 0 aromatic heterocycles. The zero-order valence-electron chi connectivity index (χ0n) is 19.2. The summed E-state index contributed by atoms with van der Waals surface area (Å²) in [6.45, 7) is 8.14. The molecule has 0 bridgehead atoms. The van der Waals surface area contributed by atoms with Crippen LogP contribution in [-0.2, 0) is 13.0 Å². The molecule has 1 N–H and O–H groups in total. The van der Waals surface area contributed by atoms with E-state index in [2.05, 4.69) is 39.4 Å². The van der Waals surface area contributed by atoms with Gasteiger partial charge in [0.15, 0.2) is 0 Å². The number of carbonyl (C=O) groups excluding carboxylic acids is 1. The van der Waals surface area contributed by atoms with Crippen LogP contribution in [0.4, 0.5) is 0 Å². The summed E-state index contributed by atoms with van der Waals surface area (Å²) in [4.78, 5) is 17.4. The number of ether oxygens (including phenoxy) is 1. The highest BCUT2D eigenvalue weighted by molar-refractivity contribution is 5.94. The number of benzene rings is 2. The highest BCUT2D eigenvalue weighted by Crippen LogP contribution is 2.18. The number of piperidine rings is 1. The van der Waals surface area contributed by atoms with Crippen LogP contribution in [0.2, 0.25) is 0 Å². The van der Waals surface area contributed by atoms with Gasteiger partial charge in [0.05, 0.1) is 6.61 Å². The van der Waals surface area contributed by atoms with Crippen LogP contribution in [0.3, 0.4) is 0 Å². The minimum absolute atomic E-state index is 0.00867. The van der Waals surface area contributed by atoms with E-state index in [1.165, 1.54) is 43.5 Å². The molecular weight excluding hydrogens is 398 g/mol. The SMILES string of the molecule is O=C(NCCCN1CCc2ccccc2C1)c1ccc(OCCCN2CCCCC2)cc1. The molecule has 2 aromatic rings. The van der Waals surface area contributed by atoms with Crippen LogP contribution >= 0.6 is 0 Å². The zero-order chi connectivity index (χ0) is 22.0. The van der Waals surface area contributed by atoms with E-state index in [9.17, 15) is 4.79 Å². The largest absolute Gasteiger partial charge is 0.494 e. The summed E-state index contributed by atoms with van der Waals surface area (Å²) in [7, 11) is 0. The van der Waals surface area contributed by atoms with Crippen molar-refractivity contribution in [3.05, 3.63) is 65.2 Å². The number of amides is 1. The van der Waals surface area contributed by atoms with Crippen molar-refractivity contribution in [1.29, 1.82) is 0 Å². The monoisotopic (exact) mass is 435 g/mol. The minimum Gasteiger partial charge on any atom is -0.494 e. The lowest BCUT2D eigenvalue weighted by Gasteiger charge is -2.28. The van der Waals surface area contributed by atoms with E-state index < -0.39 is 0 Å². The number of carbonyl (C=O) groups is 1. The summed E-state index contributed by atoms with van der Waals surface area (Å²) in [5, 5.41) is 3.05. The molecule has 0 spiro atoms. The van der Waals surface area contributed by atoms with Crippen molar-refractivity contribution in [2.75, 3.05) is 45.9 Å². The van der Waals surface area contributed by atoms with E-state index in [0.717, 1.165) is 57.8 Å². The molecule has 0 unspecified atom stereocenters. The summed E-state index contributed by atoms with van der Waals surface area (Å²) in [6.07, 6.45) is 7.17. The second-order valence-corrected chi connectivity index (χ2v) is 9.03. The predicted octanol–water partition coefficient (Wildman–Crippen LogP) is 4.12. The molecule has 32 heavy (non-hydrogen) atoms. The number of fused-ring (bicyclic) bond motifs is 1. The van der Waals surface area contributed by atoms with Gasteiger partial charge in [0.25, 0.3) is 5.91 Å². The van der Waals surface area contributed by atoms with Crippen LogP contribution in [-0.4, -0.2) is 61.6 Å². The molecule has 2 aliphatic rings. The lowest BCUT2D eigenvalue weighted by atomic mass is 10.00. The first kappa shape index (κ1) is 22.8. The fraction of sp³-hybridized carbons (Fsp3) is 0.519. The maximum Gasteiger partial charge on any atom is 0.251 e. The second kappa shape index (κ2) is 12.0. The Morgan fingerprint density at radius 2 is 1.59 bits per heavy atom. The first-order valence-electron chi connectivity index (χ1n) is 12.3. The minimum atomic E-state index is -0.00867. The molecule has 1 fully saturated rings. The van der Waals surface area contributed by atoms with E-state index in [1.54, 1.807) is 0 Å².